The highest BCUT2D eigenvalue weighted by Gasteiger charge is 2.32. The number of hydrogen-bond donors (Lipinski definition) is 0. The summed E-state index contributed by atoms with van der Waals surface area (Å²) in [6.07, 6.45) is 3.82. The molecule has 1 unspecified atom stereocenters. The second-order valence-electron chi connectivity index (χ2n) is 6.95. The number of carbonyl (C=O) groups is 1. The second kappa shape index (κ2) is 6.35. The van der Waals surface area contributed by atoms with Gasteiger partial charge in [-0.25, -0.2) is 13.1 Å². The largest absolute Gasteiger partial charge is 0.289 e. The highest BCUT2D eigenvalue weighted by atomic mass is 35.5. The van der Waals surface area contributed by atoms with Crippen LogP contribution in [0.2, 0.25) is 5.15 Å². The first-order chi connectivity index (χ1) is 12.4. The molecule has 136 valence electrons. The van der Waals surface area contributed by atoms with Gasteiger partial charge in [0.15, 0.2) is 15.6 Å². The van der Waals surface area contributed by atoms with Gasteiger partial charge in [-0.2, -0.15) is 5.10 Å². The summed E-state index contributed by atoms with van der Waals surface area (Å²) in [5.74, 6) is 0.257. The maximum atomic E-state index is 12.8. The lowest BCUT2D eigenvalue weighted by molar-refractivity contribution is 0.102. The van der Waals surface area contributed by atoms with Crippen LogP contribution < -0.4 is 0 Å². The Bertz CT molecular complexity index is 1040. The number of nitrogens with zero attached hydrogens (tertiary/aromatic N) is 2. The quantitative estimate of drug-likeness (QED) is 0.737. The average Bonchev–Trinajstić information content (AvgIpc) is 3.10. The summed E-state index contributed by atoms with van der Waals surface area (Å²) in [5, 5.41) is 4.86. The molecule has 2 heterocycles. The van der Waals surface area contributed by atoms with Crippen molar-refractivity contribution in [1.82, 2.24) is 9.78 Å². The van der Waals surface area contributed by atoms with Gasteiger partial charge in [0, 0.05) is 16.7 Å². The predicted octanol–water partition coefficient (Wildman–Crippen LogP) is 3.42. The molecule has 1 aliphatic carbocycles. The lowest BCUT2D eigenvalue weighted by Gasteiger charge is -2.17. The van der Waals surface area contributed by atoms with Crippen molar-refractivity contribution < 1.29 is 13.2 Å². The Hall–Kier alpha value is -1.92. The first kappa shape index (κ1) is 17.5. The van der Waals surface area contributed by atoms with Crippen LogP contribution in [0.1, 0.15) is 46.1 Å². The molecule has 4 rings (SSSR count). The van der Waals surface area contributed by atoms with E-state index >= 15 is 0 Å². The van der Waals surface area contributed by atoms with Crippen LogP contribution >= 0.6 is 11.6 Å². The molecule has 26 heavy (non-hydrogen) atoms. The number of aromatic nitrogens is 2. The summed E-state index contributed by atoms with van der Waals surface area (Å²) in [7, 11) is -3.02. The summed E-state index contributed by atoms with van der Waals surface area (Å²) in [6, 6.07) is 7.42. The smallest absolute Gasteiger partial charge is 0.189 e. The number of Topliss-reactive ketones (excluding diaryl/α,β-unsaturated/α-hetero) is 1. The maximum absolute atomic E-state index is 12.8. The van der Waals surface area contributed by atoms with Crippen LogP contribution in [-0.4, -0.2) is 35.5 Å². The van der Waals surface area contributed by atoms with E-state index < -0.39 is 9.84 Å². The molecule has 5 nitrogen and oxygen atoms in total. The van der Waals surface area contributed by atoms with Crippen LogP contribution in [-0.2, 0) is 16.3 Å². The molecule has 0 N–H and O–H groups in total. The van der Waals surface area contributed by atoms with Gasteiger partial charge in [-0.15, -0.1) is 0 Å². The number of halogens is 1. The van der Waals surface area contributed by atoms with Crippen LogP contribution in [0.4, 0.5) is 0 Å². The third-order valence-electron chi connectivity index (χ3n) is 5.16. The topological polar surface area (TPSA) is 69.0 Å². The van der Waals surface area contributed by atoms with Crippen molar-refractivity contribution in [2.75, 3.05) is 11.5 Å². The molecule has 1 fully saturated rings. The Morgan fingerprint density at radius 3 is 2.77 bits per heavy atom. The Balaban J connectivity index is 1.69. The molecular formula is C19H19ClN2O3S. The second-order valence-corrected chi connectivity index (χ2v) is 9.53. The molecular weight excluding hydrogens is 372 g/mol. The van der Waals surface area contributed by atoms with E-state index in [4.69, 9.17) is 11.6 Å². The standard InChI is InChI=1S/C19H19ClN2O3S/c1-12-17(19(20)22(21-12)15-8-9-26(24,25)11-15)10-14-7-6-13-4-2-3-5-16(13)18(14)23/h2-5,10,15H,6-9,11H2,1H3. The van der Waals surface area contributed by atoms with Gasteiger partial charge in [0.05, 0.1) is 23.2 Å². The zero-order valence-electron chi connectivity index (χ0n) is 14.4. The Labute approximate surface area is 157 Å². The number of fused-ring (bicyclic) bond motifs is 1. The van der Waals surface area contributed by atoms with Crippen LogP contribution in [0.5, 0.6) is 0 Å². The highest BCUT2D eigenvalue weighted by Crippen LogP contribution is 2.33. The van der Waals surface area contributed by atoms with Crippen molar-refractivity contribution in [3.63, 3.8) is 0 Å². The molecule has 1 saturated heterocycles. The molecule has 2 aliphatic rings. The van der Waals surface area contributed by atoms with Crippen molar-refractivity contribution in [2.24, 2.45) is 0 Å². The van der Waals surface area contributed by atoms with E-state index in [0.717, 1.165) is 17.5 Å². The molecule has 1 atom stereocenters. The predicted molar refractivity (Wildman–Crippen MR) is 101 cm³/mol. The van der Waals surface area contributed by atoms with Gasteiger partial charge < -0.3 is 0 Å². The molecule has 7 heteroatoms. The monoisotopic (exact) mass is 390 g/mol. The van der Waals surface area contributed by atoms with Gasteiger partial charge in [0.2, 0.25) is 0 Å². The summed E-state index contributed by atoms with van der Waals surface area (Å²) >= 11 is 6.52. The lowest BCUT2D eigenvalue weighted by atomic mass is 9.86. The van der Waals surface area contributed by atoms with E-state index in [9.17, 15) is 13.2 Å². The van der Waals surface area contributed by atoms with Crippen molar-refractivity contribution in [3.05, 3.63) is 57.4 Å². The minimum atomic E-state index is -3.02. The Morgan fingerprint density at radius 1 is 1.27 bits per heavy atom. The van der Waals surface area contributed by atoms with Crippen LogP contribution in [0.3, 0.4) is 0 Å². The fourth-order valence-corrected chi connectivity index (χ4v) is 5.79. The zero-order chi connectivity index (χ0) is 18.5. The minimum absolute atomic E-state index is 0.0264. The van der Waals surface area contributed by atoms with Gasteiger partial charge in [-0.1, -0.05) is 35.9 Å². The molecule has 1 aliphatic heterocycles. The Morgan fingerprint density at radius 2 is 2.04 bits per heavy atom. The summed E-state index contributed by atoms with van der Waals surface area (Å²) < 4.78 is 25.1. The van der Waals surface area contributed by atoms with Gasteiger partial charge in [-0.05, 0) is 37.8 Å². The van der Waals surface area contributed by atoms with Crippen molar-refractivity contribution in [2.45, 2.75) is 32.2 Å². The van der Waals surface area contributed by atoms with E-state index in [2.05, 4.69) is 5.10 Å². The van der Waals surface area contributed by atoms with Gasteiger partial charge >= 0.3 is 0 Å². The van der Waals surface area contributed by atoms with E-state index in [1.165, 1.54) is 0 Å². The Kier molecular flexibility index (Phi) is 4.28. The molecule has 0 spiro atoms. The number of benzene rings is 1. The molecule has 0 amide bonds. The number of rotatable bonds is 2. The van der Waals surface area contributed by atoms with Crippen LogP contribution in [0.25, 0.3) is 6.08 Å². The van der Waals surface area contributed by atoms with Crippen molar-refractivity contribution in [3.8, 4) is 0 Å². The molecule has 0 bridgehead atoms. The average molecular weight is 391 g/mol. The van der Waals surface area contributed by atoms with Gasteiger partial charge in [0.1, 0.15) is 5.15 Å². The molecule has 2 aromatic rings. The van der Waals surface area contributed by atoms with Crippen molar-refractivity contribution >= 4 is 33.3 Å². The van der Waals surface area contributed by atoms with Crippen LogP contribution in [0.15, 0.2) is 29.8 Å². The minimum Gasteiger partial charge on any atom is -0.289 e. The first-order valence-corrected chi connectivity index (χ1v) is 10.8. The van der Waals surface area contributed by atoms with E-state index in [1.807, 2.05) is 37.3 Å². The lowest BCUT2D eigenvalue weighted by Crippen LogP contribution is -2.14. The number of allylic oxidation sites excluding steroid dienone is 1. The fourth-order valence-electron chi connectivity index (χ4n) is 3.73. The van der Waals surface area contributed by atoms with E-state index in [1.54, 1.807) is 4.68 Å². The van der Waals surface area contributed by atoms with Gasteiger partial charge in [0.25, 0.3) is 0 Å². The zero-order valence-corrected chi connectivity index (χ0v) is 16.0. The third kappa shape index (κ3) is 3.01. The van der Waals surface area contributed by atoms with E-state index in [0.29, 0.717) is 34.8 Å². The number of ketones is 1. The summed E-state index contributed by atoms with van der Waals surface area (Å²) in [4.78, 5) is 12.8. The third-order valence-corrected chi connectivity index (χ3v) is 7.29. The van der Waals surface area contributed by atoms with Crippen LogP contribution in [0, 0.1) is 6.92 Å². The number of carbonyl (C=O) groups excluding carboxylic acids is 1. The SMILES string of the molecule is Cc1nn(C2CCS(=O)(=O)C2)c(Cl)c1C=C1CCc2ccccc2C1=O. The number of hydrogen-bond acceptors (Lipinski definition) is 4. The molecule has 0 saturated carbocycles. The summed E-state index contributed by atoms with van der Waals surface area (Å²) in [5.41, 5.74) is 3.95. The van der Waals surface area contributed by atoms with E-state index in [-0.39, 0.29) is 23.3 Å². The fraction of sp³-hybridized carbons (Fsp3) is 0.368. The molecule has 1 aromatic heterocycles. The normalized spacial score (nSPS) is 23.4. The summed E-state index contributed by atoms with van der Waals surface area (Å²) in [6.45, 7) is 1.83. The molecule has 0 radical (unpaired) electrons. The molecule has 1 aromatic carbocycles. The number of aryl methyl sites for hydroxylation is 2. The number of sulfone groups is 1. The van der Waals surface area contributed by atoms with Gasteiger partial charge in [-0.3, -0.25) is 4.79 Å². The first-order valence-electron chi connectivity index (χ1n) is 8.64. The van der Waals surface area contributed by atoms with Crippen molar-refractivity contribution in [1.29, 1.82) is 0 Å². The highest BCUT2D eigenvalue weighted by molar-refractivity contribution is 7.91. The maximum Gasteiger partial charge on any atom is 0.189 e.